The van der Waals surface area contributed by atoms with Crippen LogP contribution in [0.1, 0.15) is 52.3 Å². The van der Waals surface area contributed by atoms with Crippen LogP contribution < -0.4 is 10.6 Å². The smallest absolute Gasteiger partial charge is 0.315 e. The molecule has 1 heterocycles. The molecule has 0 aliphatic carbocycles. The van der Waals surface area contributed by atoms with E-state index in [1.165, 1.54) is 4.90 Å². The molecule has 3 amide bonds. The highest BCUT2D eigenvalue weighted by atomic mass is 16.2. The summed E-state index contributed by atoms with van der Waals surface area (Å²) in [5.41, 5.74) is 3.41. The van der Waals surface area contributed by atoms with Crippen molar-refractivity contribution in [3.8, 4) is 5.69 Å². The van der Waals surface area contributed by atoms with E-state index in [0.717, 1.165) is 35.5 Å². The monoisotopic (exact) mass is 461 g/mol. The van der Waals surface area contributed by atoms with Crippen molar-refractivity contribution in [2.24, 2.45) is 0 Å². The molecule has 0 saturated heterocycles. The normalized spacial score (nSPS) is 11.2. The van der Waals surface area contributed by atoms with Crippen molar-refractivity contribution < 1.29 is 9.59 Å². The van der Waals surface area contributed by atoms with Gasteiger partial charge in [-0.15, -0.1) is 0 Å². The van der Waals surface area contributed by atoms with Crippen LogP contribution in [0, 0.1) is 0 Å². The fourth-order valence-electron chi connectivity index (χ4n) is 3.55. The van der Waals surface area contributed by atoms with Crippen molar-refractivity contribution in [1.82, 2.24) is 14.7 Å². The van der Waals surface area contributed by atoms with Crippen LogP contribution in [0.3, 0.4) is 0 Å². The maximum Gasteiger partial charge on any atom is 0.322 e. The number of amides is 3. The lowest BCUT2D eigenvalue weighted by molar-refractivity contribution is -0.116. The van der Waals surface area contributed by atoms with Gasteiger partial charge in [0.1, 0.15) is 12.4 Å². The number of urea groups is 1. The van der Waals surface area contributed by atoms with E-state index in [1.807, 2.05) is 67.6 Å². The Morgan fingerprint density at radius 2 is 1.71 bits per heavy atom. The molecule has 0 radical (unpaired) electrons. The Kier molecular flexibility index (Phi) is 8.10. The van der Waals surface area contributed by atoms with Gasteiger partial charge in [0, 0.05) is 23.7 Å². The first-order valence-corrected chi connectivity index (χ1v) is 11.8. The van der Waals surface area contributed by atoms with E-state index in [2.05, 4.69) is 38.3 Å². The zero-order valence-electron chi connectivity index (χ0n) is 20.8. The third-order valence-corrected chi connectivity index (χ3v) is 5.45. The van der Waals surface area contributed by atoms with E-state index in [0.29, 0.717) is 12.4 Å². The zero-order chi connectivity index (χ0) is 24.7. The quantitative estimate of drug-likeness (QED) is 0.457. The minimum atomic E-state index is -0.294. The van der Waals surface area contributed by atoms with Crippen LogP contribution in [0.4, 0.5) is 16.3 Å². The first-order chi connectivity index (χ1) is 16.2. The summed E-state index contributed by atoms with van der Waals surface area (Å²) in [4.78, 5) is 27.5. The predicted molar refractivity (Wildman–Crippen MR) is 138 cm³/mol. The summed E-state index contributed by atoms with van der Waals surface area (Å²) in [7, 11) is 0. The van der Waals surface area contributed by atoms with E-state index in [1.54, 1.807) is 4.68 Å². The van der Waals surface area contributed by atoms with E-state index in [4.69, 9.17) is 5.10 Å². The molecule has 0 saturated carbocycles. The van der Waals surface area contributed by atoms with E-state index < -0.39 is 0 Å². The Balaban J connectivity index is 1.77. The lowest BCUT2D eigenvalue weighted by atomic mass is 9.92. The molecule has 7 heteroatoms. The number of benzene rings is 2. The lowest BCUT2D eigenvalue weighted by Gasteiger charge is -2.22. The lowest BCUT2D eigenvalue weighted by Crippen LogP contribution is -2.41. The number of aryl methyl sites for hydroxylation is 1. The number of nitrogens with zero attached hydrogens (tertiary/aromatic N) is 3. The molecule has 180 valence electrons. The third kappa shape index (κ3) is 6.47. The standard InChI is InChI=1S/C27H35N5O2/c1-6-16-31(26(34)28-21-13-11-12-20(7-2)17-21)19-25(33)29-24-18-23(27(3,4)5)30-32(24)22-14-9-8-10-15-22/h8-15,17-18H,6-7,16,19H2,1-5H3,(H,28,34)(H,29,33). The minimum Gasteiger partial charge on any atom is -0.315 e. The molecule has 34 heavy (non-hydrogen) atoms. The Hall–Kier alpha value is -3.61. The van der Waals surface area contributed by atoms with Crippen LogP contribution in [0.25, 0.3) is 5.69 Å². The minimum absolute atomic E-state index is 0.0576. The van der Waals surface area contributed by atoms with Crippen molar-refractivity contribution in [2.75, 3.05) is 23.7 Å². The topological polar surface area (TPSA) is 79.3 Å². The first-order valence-electron chi connectivity index (χ1n) is 11.8. The molecule has 1 aromatic heterocycles. The number of carbonyl (C=O) groups is 2. The van der Waals surface area contributed by atoms with Crippen molar-refractivity contribution >= 4 is 23.4 Å². The number of para-hydroxylation sites is 1. The molecular weight excluding hydrogens is 426 g/mol. The highest BCUT2D eigenvalue weighted by Crippen LogP contribution is 2.26. The van der Waals surface area contributed by atoms with Crippen molar-refractivity contribution in [1.29, 1.82) is 0 Å². The fraction of sp³-hybridized carbons (Fsp3) is 0.370. The van der Waals surface area contributed by atoms with Gasteiger partial charge in [0.2, 0.25) is 5.91 Å². The second-order valence-electron chi connectivity index (χ2n) is 9.37. The molecule has 0 bridgehead atoms. The Morgan fingerprint density at radius 3 is 2.35 bits per heavy atom. The number of carbonyl (C=O) groups excluding carboxylic acids is 2. The number of nitrogens with one attached hydrogen (secondary N) is 2. The number of hydrogen-bond acceptors (Lipinski definition) is 3. The Labute approximate surface area is 202 Å². The average Bonchev–Trinajstić information content (AvgIpc) is 3.23. The maximum absolute atomic E-state index is 13.0. The molecule has 0 aliphatic heterocycles. The summed E-state index contributed by atoms with van der Waals surface area (Å²) in [6.07, 6.45) is 1.63. The Morgan fingerprint density at radius 1 is 0.971 bits per heavy atom. The van der Waals surface area contributed by atoms with Gasteiger partial charge in [-0.2, -0.15) is 5.10 Å². The van der Waals surface area contributed by atoms with Gasteiger partial charge >= 0.3 is 6.03 Å². The van der Waals surface area contributed by atoms with Crippen LogP contribution in [0.5, 0.6) is 0 Å². The molecule has 0 unspecified atom stereocenters. The van der Waals surface area contributed by atoms with Crippen molar-refractivity contribution in [3.63, 3.8) is 0 Å². The fourth-order valence-corrected chi connectivity index (χ4v) is 3.55. The predicted octanol–water partition coefficient (Wildman–Crippen LogP) is 5.61. The van der Waals surface area contributed by atoms with Crippen LogP contribution >= 0.6 is 0 Å². The maximum atomic E-state index is 13.0. The third-order valence-electron chi connectivity index (χ3n) is 5.45. The molecule has 0 spiro atoms. The highest BCUT2D eigenvalue weighted by Gasteiger charge is 2.23. The van der Waals surface area contributed by atoms with Gasteiger partial charge in [-0.05, 0) is 42.7 Å². The van der Waals surface area contributed by atoms with Gasteiger partial charge in [-0.3, -0.25) is 4.79 Å². The van der Waals surface area contributed by atoms with E-state index in [-0.39, 0.29) is 23.9 Å². The van der Waals surface area contributed by atoms with Gasteiger partial charge in [-0.1, -0.05) is 65.0 Å². The largest absolute Gasteiger partial charge is 0.322 e. The van der Waals surface area contributed by atoms with Gasteiger partial charge < -0.3 is 15.5 Å². The first kappa shape index (κ1) is 25.0. The van der Waals surface area contributed by atoms with E-state index >= 15 is 0 Å². The van der Waals surface area contributed by atoms with Gasteiger partial charge in [0.15, 0.2) is 0 Å². The molecule has 0 aliphatic rings. The average molecular weight is 462 g/mol. The summed E-state index contributed by atoms with van der Waals surface area (Å²) in [6.45, 7) is 10.7. The summed E-state index contributed by atoms with van der Waals surface area (Å²) in [5.74, 6) is 0.303. The number of rotatable bonds is 8. The van der Waals surface area contributed by atoms with Crippen molar-refractivity contribution in [3.05, 3.63) is 71.9 Å². The Bertz CT molecular complexity index is 1120. The molecule has 2 N–H and O–H groups in total. The molecule has 7 nitrogen and oxygen atoms in total. The molecule has 0 atom stereocenters. The number of anilines is 2. The molecule has 3 rings (SSSR count). The van der Waals surface area contributed by atoms with Crippen LogP contribution in [-0.2, 0) is 16.6 Å². The summed E-state index contributed by atoms with van der Waals surface area (Å²) < 4.78 is 1.74. The SMILES string of the molecule is CCCN(CC(=O)Nc1cc(C(C)(C)C)nn1-c1ccccc1)C(=O)Nc1cccc(CC)c1. The van der Waals surface area contributed by atoms with Crippen LogP contribution in [0.2, 0.25) is 0 Å². The molecule has 3 aromatic rings. The van der Waals surface area contributed by atoms with Gasteiger partial charge in [0.25, 0.3) is 0 Å². The number of hydrogen-bond donors (Lipinski definition) is 2. The second kappa shape index (κ2) is 11.0. The highest BCUT2D eigenvalue weighted by molar-refractivity contribution is 5.96. The molecular formula is C27H35N5O2. The van der Waals surface area contributed by atoms with Gasteiger partial charge in [-0.25, -0.2) is 9.48 Å². The molecule has 0 fully saturated rings. The van der Waals surface area contributed by atoms with Crippen LogP contribution in [0.15, 0.2) is 60.7 Å². The second-order valence-corrected chi connectivity index (χ2v) is 9.37. The summed E-state index contributed by atoms with van der Waals surface area (Å²) in [6, 6.07) is 19.0. The summed E-state index contributed by atoms with van der Waals surface area (Å²) in [5, 5.41) is 10.6. The van der Waals surface area contributed by atoms with Gasteiger partial charge in [0.05, 0.1) is 11.4 Å². The van der Waals surface area contributed by atoms with Crippen LogP contribution in [-0.4, -0.2) is 39.7 Å². The van der Waals surface area contributed by atoms with E-state index in [9.17, 15) is 9.59 Å². The zero-order valence-corrected chi connectivity index (χ0v) is 20.8. The van der Waals surface area contributed by atoms with Crippen molar-refractivity contribution in [2.45, 2.75) is 52.9 Å². The number of aromatic nitrogens is 2. The molecule has 2 aromatic carbocycles. The summed E-state index contributed by atoms with van der Waals surface area (Å²) >= 11 is 0.